The van der Waals surface area contributed by atoms with Crippen molar-refractivity contribution in [2.45, 2.75) is 71.5 Å². The van der Waals surface area contributed by atoms with Crippen LogP contribution in [0, 0.1) is 40.4 Å². The van der Waals surface area contributed by atoms with Crippen LogP contribution >= 0.6 is 0 Å². The number of hydrogen-bond acceptors (Lipinski definition) is 6. The highest BCUT2D eigenvalue weighted by Gasteiger charge is 2.70. The van der Waals surface area contributed by atoms with Gasteiger partial charge in [0, 0.05) is 18.8 Å². The van der Waals surface area contributed by atoms with Gasteiger partial charge in [-0.15, -0.1) is 0 Å². The lowest BCUT2D eigenvalue weighted by Crippen LogP contribution is -2.63. The van der Waals surface area contributed by atoms with Crippen LogP contribution in [-0.2, 0) is 19.1 Å². The van der Waals surface area contributed by atoms with E-state index < -0.39 is 35.5 Å². The topological polar surface area (TPSA) is 101 Å². The minimum absolute atomic E-state index is 0.0109. The molecule has 0 amide bonds. The summed E-state index contributed by atoms with van der Waals surface area (Å²) in [6, 6.07) is 0. The molecule has 2 N–H and O–H groups in total. The van der Waals surface area contributed by atoms with Gasteiger partial charge < -0.3 is 14.9 Å². The number of ketones is 2. The van der Waals surface area contributed by atoms with Crippen LogP contribution in [-0.4, -0.2) is 46.1 Å². The van der Waals surface area contributed by atoms with Crippen LogP contribution in [0.3, 0.4) is 0 Å². The number of carbonyl (C=O) groups is 3. The number of aliphatic hydroxyl groups is 2. The third kappa shape index (κ3) is 2.79. The zero-order valence-electron chi connectivity index (χ0n) is 18.4. The van der Waals surface area contributed by atoms with Crippen LogP contribution in [0.2, 0.25) is 0 Å². The van der Waals surface area contributed by atoms with Gasteiger partial charge in [-0.2, -0.15) is 0 Å². The number of carbonyl (C=O) groups excluding carboxylic acids is 3. The van der Waals surface area contributed by atoms with Crippen molar-refractivity contribution in [1.29, 1.82) is 0 Å². The van der Waals surface area contributed by atoms with Gasteiger partial charge in [0.1, 0.15) is 5.60 Å². The van der Waals surface area contributed by atoms with Crippen LogP contribution < -0.4 is 0 Å². The summed E-state index contributed by atoms with van der Waals surface area (Å²) in [6.07, 6.45) is 6.40. The molecule has 0 bridgehead atoms. The summed E-state index contributed by atoms with van der Waals surface area (Å²) in [5.74, 6) is -0.625. The molecule has 4 aliphatic rings. The number of aliphatic hydroxyl groups excluding tert-OH is 1. The molecule has 30 heavy (non-hydrogen) atoms. The maximum Gasteiger partial charge on any atom is 0.303 e. The van der Waals surface area contributed by atoms with Crippen LogP contribution in [0.4, 0.5) is 0 Å². The Hall–Kier alpha value is -1.53. The molecule has 0 spiro atoms. The molecule has 166 valence electrons. The Balaban J connectivity index is 1.69. The number of allylic oxidation sites excluding steroid dienone is 2. The van der Waals surface area contributed by atoms with E-state index in [4.69, 9.17) is 4.74 Å². The summed E-state index contributed by atoms with van der Waals surface area (Å²) in [5.41, 5.74) is -2.65. The van der Waals surface area contributed by atoms with Gasteiger partial charge in [0.05, 0.1) is 6.10 Å². The van der Waals surface area contributed by atoms with E-state index in [2.05, 4.69) is 6.92 Å². The lowest BCUT2D eigenvalue weighted by atomic mass is 9.44. The molecule has 0 heterocycles. The monoisotopic (exact) mass is 418 g/mol. The number of ether oxygens (including phenoxy) is 1. The molecule has 0 aromatic carbocycles. The highest BCUT2D eigenvalue weighted by molar-refractivity contribution is 5.92. The first-order valence-electron chi connectivity index (χ1n) is 11.2. The van der Waals surface area contributed by atoms with Gasteiger partial charge in [-0.05, 0) is 66.8 Å². The molecule has 9 atom stereocenters. The second-order valence-corrected chi connectivity index (χ2v) is 10.7. The fourth-order valence-corrected chi connectivity index (χ4v) is 7.96. The number of hydrogen-bond donors (Lipinski definition) is 2. The maximum atomic E-state index is 13.1. The van der Waals surface area contributed by atoms with Gasteiger partial charge in [-0.3, -0.25) is 14.4 Å². The van der Waals surface area contributed by atoms with E-state index in [0.717, 1.165) is 12.8 Å². The summed E-state index contributed by atoms with van der Waals surface area (Å²) < 4.78 is 4.93. The average molecular weight is 419 g/mol. The summed E-state index contributed by atoms with van der Waals surface area (Å²) in [4.78, 5) is 36.3. The van der Waals surface area contributed by atoms with Gasteiger partial charge in [-0.25, -0.2) is 0 Å². The Morgan fingerprint density at radius 2 is 1.97 bits per heavy atom. The molecule has 4 rings (SSSR count). The van der Waals surface area contributed by atoms with Crippen molar-refractivity contribution >= 4 is 17.5 Å². The Kier molecular flexibility index (Phi) is 5.06. The van der Waals surface area contributed by atoms with E-state index in [1.54, 1.807) is 6.08 Å². The van der Waals surface area contributed by atoms with Crippen molar-refractivity contribution < 1.29 is 29.3 Å². The average Bonchev–Trinajstić information content (AvgIpc) is 2.87. The Morgan fingerprint density at radius 3 is 2.63 bits per heavy atom. The summed E-state index contributed by atoms with van der Waals surface area (Å²) in [5, 5.41) is 23.1. The number of Topliss-reactive ketones (excluding diaryl/α,β-unsaturated/α-hetero) is 1. The van der Waals surface area contributed by atoms with Gasteiger partial charge >= 0.3 is 5.97 Å². The van der Waals surface area contributed by atoms with Crippen molar-refractivity contribution in [2.24, 2.45) is 40.4 Å². The smallest absolute Gasteiger partial charge is 0.303 e. The van der Waals surface area contributed by atoms with E-state index in [1.165, 1.54) is 6.92 Å². The largest absolute Gasteiger partial charge is 0.458 e. The first-order chi connectivity index (χ1) is 13.9. The molecule has 0 aliphatic heterocycles. The highest BCUT2D eigenvalue weighted by atomic mass is 16.5. The predicted molar refractivity (Wildman–Crippen MR) is 109 cm³/mol. The lowest BCUT2D eigenvalue weighted by Gasteiger charge is -2.61. The minimum atomic E-state index is -1.63. The first-order valence-corrected chi connectivity index (χ1v) is 11.2. The van der Waals surface area contributed by atoms with E-state index in [0.29, 0.717) is 19.3 Å². The fraction of sp³-hybridized carbons (Fsp3) is 0.792. The van der Waals surface area contributed by atoms with Crippen LogP contribution in [0.25, 0.3) is 0 Å². The molecular weight excluding hydrogens is 384 g/mol. The minimum Gasteiger partial charge on any atom is -0.458 e. The summed E-state index contributed by atoms with van der Waals surface area (Å²) >= 11 is 0. The standard InChI is InChI=1S/C24H34O6/c1-13-9-18-17-6-5-15-10-16(26)7-8-22(15,3)21(17)19(27)11-23(18,4)24(13,29)20(28)12-30-14(2)25/h7-8,13,15,17-19,21,27,29H,5-6,9-12H2,1-4H3/t13-,15-,17-,18+,19-,21+,22+,23+,24+/m1/s1. The molecule has 0 aromatic rings. The molecule has 3 fully saturated rings. The molecular formula is C24H34O6. The van der Waals surface area contributed by atoms with Crippen LogP contribution in [0.1, 0.15) is 59.8 Å². The van der Waals surface area contributed by atoms with Crippen molar-refractivity contribution in [2.75, 3.05) is 6.61 Å². The number of rotatable bonds is 3. The molecule has 3 saturated carbocycles. The Bertz CT molecular complexity index is 804. The maximum absolute atomic E-state index is 13.1. The quantitative estimate of drug-likeness (QED) is 0.683. The lowest BCUT2D eigenvalue weighted by molar-refractivity contribution is -0.194. The van der Waals surface area contributed by atoms with E-state index in [9.17, 15) is 24.6 Å². The van der Waals surface area contributed by atoms with E-state index in [-0.39, 0.29) is 40.8 Å². The molecule has 6 nitrogen and oxygen atoms in total. The zero-order chi connectivity index (χ0) is 22.1. The third-order valence-electron chi connectivity index (χ3n) is 9.39. The van der Waals surface area contributed by atoms with Gasteiger partial charge in [0.25, 0.3) is 0 Å². The van der Waals surface area contributed by atoms with Gasteiger partial charge in [0.2, 0.25) is 5.78 Å². The third-order valence-corrected chi connectivity index (χ3v) is 9.39. The van der Waals surface area contributed by atoms with Gasteiger partial charge in [0.15, 0.2) is 12.4 Å². The molecule has 0 saturated heterocycles. The fourth-order valence-electron chi connectivity index (χ4n) is 7.96. The molecule has 6 heteroatoms. The number of fused-ring (bicyclic) bond motifs is 5. The Labute approximate surface area is 178 Å². The van der Waals surface area contributed by atoms with Gasteiger partial charge in [-0.1, -0.05) is 26.8 Å². The summed E-state index contributed by atoms with van der Waals surface area (Å²) in [6.45, 7) is 6.80. The SMILES string of the molecule is CC(=O)OCC(=O)[C@@]1(O)[C@H](C)C[C@H]2[C@H]3CC[C@@H]4CC(=O)C=C[C@]4(C)[C@@H]3[C@H](O)C[C@@]21C. The van der Waals surface area contributed by atoms with E-state index in [1.807, 2.05) is 19.9 Å². The van der Waals surface area contributed by atoms with E-state index >= 15 is 0 Å². The first kappa shape index (κ1) is 21.7. The van der Waals surface area contributed by atoms with Crippen molar-refractivity contribution in [3.05, 3.63) is 12.2 Å². The van der Waals surface area contributed by atoms with Crippen LogP contribution in [0.15, 0.2) is 12.2 Å². The van der Waals surface area contributed by atoms with Crippen molar-refractivity contribution in [1.82, 2.24) is 0 Å². The zero-order valence-corrected chi connectivity index (χ0v) is 18.4. The molecule has 0 radical (unpaired) electrons. The normalized spacial score (nSPS) is 49.7. The second kappa shape index (κ2) is 6.99. The number of esters is 1. The highest BCUT2D eigenvalue weighted by Crippen LogP contribution is 2.68. The predicted octanol–water partition coefficient (Wildman–Crippen LogP) is 2.45. The second-order valence-electron chi connectivity index (χ2n) is 10.7. The van der Waals surface area contributed by atoms with Crippen molar-refractivity contribution in [3.8, 4) is 0 Å². The molecule has 0 aromatic heterocycles. The summed E-state index contributed by atoms with van der Waals surface area (Å²) in [7, 11) is 0. The molecule has 4 aliphatic carbocycles. The van der Waals surface area contributed by atoms with Crippen molar-refractivity contribution in [3.63, 3.8) is 0 Å². The molecule has 0 unspecified atom stereocenters. The van der Waals surface area contributed by atoms with Crippen LogP contribution in [0.5, 0.6) is 0 Å². The Morgan fingerprint density at radius 1 is 1.27 bits per heavy atom.